The van der Waals surface area contributed by atoms with E-state index in [1.54, 1.807) is 17.2 Å². The zero-order valence-electron chi connectivity index (χ0n) is 16.4. The number of rotatable bonds is 4. The molecule has 1 amide bonds. The highest BCUT2D eigenvalue weighted by Gasteiger charge is 2.30. The van der Waals surface area contributed by atoms with Crippen molar-refractivity contribution in [2.45, 2.75) is 4.90 Å². The van der Waals surface area contributed by atoms with Crippen molar-refractivity contribution in [1.29, 1.82) is 0 Å². The fourth-order valence-electron chi connectivity index (χ4n) is 3.46. The van der Waals surface area contributed by atoms with Crippen LogP contribution in [0.4, 0.5) is 0 Å². The Kier molecular flexibility index (Phi) is 6.29. The molecule has 9 heteroatoms. The first-order chi connectivity index (χ1) is 14.9. The third-order valence-electron chi connectivity index (χ3n) is 5.15. The zero-order chi connectivity index (χ0) is 22.0. The summed E-state index contributed by atoms with van der Waals surface area (Å²) in [5.74, 6) is -0.167. The fraction of sp³-hybridized carbons (Fsp3) is 0.182. The Hall–Kier alpha value is -2.45. The molecule has 4 rings (SSSR count). The van der Waals surface area contributed by atoms with Gasteiger partial charge in [0.15, 0.2) is 0 Å². The number of para-hydroxylation sites is 1. The van der Waals surface area contributed by atoms with E-state index in [0.717, 1.165) is 16.5 Å². The molecule has 6 nitrogen and oxygen atoms in total. The van der Waals surface area contributed by atoms with Crippen LogP contribution >= 0.6 is 23.2 Å². The molecule has 1 aromatic heterocycles. The number of hydrogen-bond donors (Lipinski definition) is 0. The van der Waals surface area contributed by atoms with Crippen molar-refractivity contribution in [3.63, 3.8) is 0 Å². The van der Waals surface area contributed by atoms with Gasteiger partial charge >= 0.3 is 0 Å². The summed E-state index contributed by atoms with van der Waals surface area (Å²) in [6, 6.07) is 13.9. The van der Waals surface area contributed by atoms with E-state index < -0.39 is 10.0 Å². The monoisotopic (exact) mass is 475 g/mol. The summed E-state index contributed by atoms with van der Waals surface area (Å²) in [5.41, 5.74) is 1.68. The van der Waals surface area contributed by atoms with Crippen molar-refractivity contribution in [2.75, 3.05) is 26.2 Å². The van der Waals surface area contributed by atoms with E-state index in [0.29, 0.717) is 18.1 Å². The largest absolute Gasteiger partial charge is 0.337 e. The Bertz CT molecular complexity index is 1260. The summed E-state index contributed by atoms with van der Waals surface area (Å²) in [6.07, 6.45) is 4.97. The van der Waals surface area contributed by atoms with E-state index in [1.807, 2.05) is 30.3 Å². The summed E-state index contributed by atoms with van der Waals surface area (Å²) in [6.45, 7) is 1.02. The minimum atomic E-state index is -3.70. The molecule has 0 unspecified atom stereocenters. The minimum absolute atomic E-state index is 0.0880. The number of piperazine rings is 1. The Morgan fingerprint density at radius 1 is 0.968 bits per heavy atom. The lowest BCUT2D eigenvalue weighted by molar-refractivity contribution is -0.127. The number of halogens is 2. The molecule has 0 aliphatic carbocycles. The van der Waals surface area contributed by atoms with Gasteiger partial charge in [0, 0.05) is 49.4 Å². The highest BCUT2D eigenvalue weighted by atomic mass is 35.5. The van der Waals surface area contributed by atoms with Gasteiger partial charge in [-0.25, -0.2) is 8.42 Å². The van der Waals surface area contributed by atoms with Gasteiger partial charge in [0.1, 0.15) is 0 Å². The summed E-state index contributed by atoms with van der Waals surface area (Å²) in [7, 11) is -3.70. The van der Waals surface area contributed by atoms with Crippen molar-refractivity contribution in [2.24, 2.45) is 0 Å². The topological polar surface area (TPSA) is 70.6 Å². The van der Waals surface area contributed by atoms with E-state index in [9.17, 15) is 13.2 Å². The maximum absolute atomic E-state index is 12.9. The van der Waals surface area contributed by atoms with Crippen LogP contribution in [0.2, 0.25) is 10.0 Å². The molecule has 160 valence electrons. The third-order valence-corrected chi connectivity index (χ3v) is 7.78. The molecule has 2 aromatic carbocycles. The van der Waals surface area contributed by atoms with Gasteiger partial charge in [-0.15, -0.1) is 0 Å². The molecule has 0 atom stereocenters. The SMILES string of the molecule is O=C(/C=C/c1cccc2cccnc12)N1CCN(S(=O)(=O)c2ccc(Cl)c(Cl)c2)CC1. The van der Waals surface area contributed by atoms with Crippen LogP contribution in [0.1, 0.15) is 5.56 Å². The lowest BCUT2D eigenvalue weighted by Gasteiger charge is -2.33. The number of aromatic nitrogens is 1. The molecular formula is C22H19Cl2N3O3S. The van der Waals surface area contributed by atoms with Gasteiger partial charge in [0.2, 0.25) is 15.9 Å². The maximum atomic E-state index is 12.9. The molecule has 1 fully saturated rings. The molecular weight excluding hydrogens is 457 g/mol. The first-order valence-corrected chi connectivity index (χ1v) is 11.8. The number of nitrogens with zero attached hydrogens (tertiary/aromatic N) is 3. The average Bonchev–Trinajstić information content (AvgIpc) is 2.79. The second-order valence-corrected chi connectivity index (χ2v) is 9.81. The molecule has 1 aliphatic heterocycles. The van der Waals surface area contributed by atoms with Crippen molar-refractivity contribution < 1.29 is 13.2 Å². The first-order valence-electron chi connectivity index (χ1n) is 9.62. The van der Waals surface area contributed by atoms with E-state index in [4.69, 9.17) is 23.2 Å². The smallest absolute Gasteiger partial charge is 0.246 e. The number of hydrogen-bond acceptors (Lipinski definition) is 4. The minimum Gasteiger partial charge on any atom is -0.337 e. The molecule has 1 aliphatic rings. The number of pyridine rings is 1. The molecule has 0 radical (unpaired) electrons. The molecule has 0 saturated carbocycles. The summed E-state index contributed by atoms with van der Waals surface area (Å²) in [4.78, 5) is 18.7. The number of sulfonamides is 1. The summed E-state index contributed by atoms with van der Waals surface area (Å²) < 4.78 is 27.1. The molecule has 0 bridgehead atoms. The Labute approximate surface area is 190 Å². The van der Waals surface area contributed by atoms with Gasteiger partial charge in [-0.2, -0.15) is 4.31 Å². The standard InChI is InChI=1S/C22H19Cl2N3O3S/c23-19-8-7-18(15-20(19)24)31(29,30)27-13-11-26(12-14-27)21(28)9-6-17-4-1-3-16-5-2-10-25-22(16)17/h1-10,15H,11-14H2/b9-6+. The van der Waals surface area contributed by atoms with Crippen molar-refractivity contribution in [3.8, 4) is 0 Å². The van der Waals surface area contributed by atoms with Gasteiger partial charge in [-0.3, -0.25) is 9.78 Å². The van der Waals surface area contributed by atoms with Crippen molar-refractivity contribution in [1.82, 2.24) is 14.2 Å². The lowest BCUT2D eigenvalue weighted by atomic mass is 10.1. The fourth-order valence-corrected chi connectivity index (χ4v) is 5.28. The normalized spacial score (nSPS) is 15.6. The van der Waals surface area contributed by atoms with Crippen LogP contribution in [-0.4, -0.2) is 54.7 Å². The van der Waals surface area contributed by atoms with Gasteiger partial charge in [-0.1, -0.05) is 47.5 Å². The molecule has 0 N–H and O–H groups in total. The van der Waals surface area contributed by atoms with Crippen LogP contribution in [0.5, 0.6) is 0 Å². The molecule has 2 heterocycles. The van der Waals surface area contributed by atoms with E-state index in [-0.39, 0.29) is 28.9 Å². The maximum Gasteiger partial charge on any atom is 0.246 e. The van der Waals surface area contributed by atoms with Crippen LogP contribution in [0, 0.1) is 0 Å². The molecule has 1 saturated heterocycles. The predicted octanol–water partition coefficient (Wildman–Crippen LogP) is 4.09. The second-order valence-electron chi connectivity index (χ2n) is 7.06. The average molecular weight is 476 g/mol. The number of benzene rings is 2. The van der Waals surface area contributed by atoms with Crippen molar-refractivity contribution >= 4 is 56.1 Å². The summed E-state index contributed by atoms with van der Waals surface area (Å²) >= 11 is 11.8. The predicted molar refractivity (Wildman–Crippen MR) is 123 cm³/mol. The number of amides is 1. The highest BCUT2D eigenvalue weighted by molar-refractivity contribution is 7.89. The molecule has 0 spiro atoms. The van der Waals surface area contributed by atoms with E-state index >= 15 is 0 Å². The Balaban J connectivity index is 1.43. The van der Waals surface area contributed by atoms with E-state index in [1.165, 1.54) is 28.6 Å². The van der Waals surface area contributed by atoms with E-state index in [2.05, 4.69) is 4.98 Å². The zero-order valence-corrected chi connectivity index (χ0v) is 18.7. The van der Waals surface area contributed by atoms with Gasteiger partial charge < -0.3 is 4.90 Å². The third kappa shape index (κ3) is 4.60. The lowest BCUT2D eigenvalue weighted by Crippen LogP contribution is -2.50. The quantitative estimate of drug-likeness (QED) is 0.532. The molecule has 3 aromatic rings. The van der Waals surface area contributed by atoms with Crippen molar-refractivity contribution in [3.05, 3.63) is 76.4 Å². The van der Waals surface area contributed by atoms with Crippen LogP contribution < -0.4 is 0 Å². The Morgan fingerprint density at radius 3 is 2.45 bits per heavy atom. The van der Waals surface area contributed by atoms with Crippen LogP contribution in [0.25, 0.3) is 17.0 Å². The van der Waals surface area contributed by atoms with Gasteiger partial charge in [0.05, 0.1) is 20.5 Å². The number of carbonyl (C=O) groups excluding carboxylic acids is 1. The highest BCUT2D eigenvalue weighted by Crippen LogP contribution is 2.27. The Morgan fingerprint density at radius 2 is 1.71 bits per heavy atom. The molecule has 31 heavy (non-hydrogen) atoms. The van der Waals surface area contributed by atoms with Gasteiger partial charge in [0.25, 0.3) is 0 Å². The number of carbonyl (C=O) groups is 1. The van der Waals surface area contributed by atoms with Crippen LogP contribution in [0.15, 0.2) is 65.7 Å². The van der Waals surface area contributed by atoms with Crippen LogP contribution in [-0.2, 0) is 14.8 Å². The first kappa shape index (κ1) is 21.8. The summed E-state index contributed by atoms with van der Waals surface area (Å²) in [5, 5.41) is 1.48. The second kappa shape index (κ2) is 8.96. The van der Waals surface area contributed by atoms with Crippen LogP contribution in [0.3, 0.4) is 0 Å². The van der Waals surface area contributed by atoms with Gasteiger partial charge in [-0.05, 0) is 30.3 Å². The number of fused-ring (bicyclic) bond motifs is 1.